The topological polar surface area (TPSA) is 187 Å². The molecule has 358 valence electrons. The zero-order valence-electron chi connectivity index (χ0n) is 40.3. The number of piperidine rings is 1. The Morgan fingerprint density at radius 1 is 0.662 bits per heavy atom. The molecule has 4 aliphatic heterocycles. The molecule has 10 rings (SSSR count). The van der Waals surface area contributed by atoms with Crippen LogP contribution in [0.1, 0.15) is 174 Å². The van der Waals surface area contributed by atoms with Crippen LogP contribution in [0.2, 0.25) is 0 Å². The Morgan fingerprint density at radius 3 is 1.79 bits per heavy atom. The predicted octanol–water partition coefficient (Wildman–Crippen LogP) is 8.43. The molecule has 6 aliphatic rings. The summed E-state index contributed by atoms with van der Waals surface area (Å²) in [7, 11) is 2.61. The summed E-state index contributed by atoms with van der Waals surface area (Å²) >= 11 is 0. The summed E-state index contributed by atoms with van der Waals surface area (Å²) in [4.78, 5) is 72.5. The standard InChI is InChI=1S/C53H65N9O6/c1-27(2)46(59-52(65)67-6)50(63)61-20-8-10-40(61)48-54-25-33(56-48)16-14-30-15-17-34(43-32-13-12-31(24-32)42(30)43)35-18-19-36(45-38-23-29(5)22-37(57-38)44(35)45)39-26-55-49(58-39)41-11-9-21-62(41)51(64)47(28(3)4)60-53(66)68-7/h15,17-19,25-29,31-32,37-38,40-41,46-47,57H,8-13,20-24H2,1-7H3,(H,54,56)(H,55,58)(H,59,65)(H,60,66)/t29?,31?,32?,37?,38?,40-,41-,46-,47-/m0/s1. The molecule has 5 N–H and O–H groups in total. The molecule has 2 aromatic heterocycles. The van der Waals surface area contributed by atoms with Crippen LogP contribution in [0.25, 0.3) is 22.4 Å². The number of aromatic amines is 2. The van der Waals surface area contributed by atoms with Crippen molar-refractivity contribution < 1.29 is 28.7 Å². The van der Waals surface area contributed by atoms with Gasteiger partial charge in [-0.3, -0.25) is 9.59 Å². The third-order valence-electron chi connectivity index (χ3n) is 15.8. The molecule has 2 aromatic carbocycles. The Bertz CT molecular complexity index is 2690. The van der Waals surface area contributed by atoms with Gasteiger partial charge >= 0.3 is 12.2 Å². The fourth-order valence-corrected chi connectivity index (χ4v) is 12.6. The lowest BCUT2D eigenvalue weighted by Crippen LogP contribution is -2.51. The Labute approximate surface area is 398 Å². The molecule has 15 nitrogen and oxygen atoms in total. The number of amides is 4. The number of carbonyl (C=O) groups excluding carboxylic acids is 4. The molecule has 0 spiro atoms. The van der Waals surface area contributed by atoms with Crippen LogP contribution >= 0.6 is 0 Å². The number of hydrogen-bond acceptors (Lipinski definition) is 9. The second-order valence-corrected chi connectivity index (χ2v) is 20.7. The van der Waals surface area contributed by atoms with Gasteiger partial charge in [-0.2, -0.15) is 0 Å². The van der Waals surface area contributed by atoms with Crippen LogP contribution in [0.3, 0.4) is 0 Å². The molecular formula is C53H65N9O6. The highest BCUT2D eigenvalue weighted by Gasteiger charge is 2.45. The number of nitrogens with one attached hydrogen (secondary N) is 5. The van der Waals surface area contributed by atoms with Gasteiger partial charge in [0.05, 0.1) is 44.4 Å². The summed E-state index contributed by atoms with van der Waals surface area (Å²) in [6.07, 6.45) is 11.4. The number of fused-ring (bicyclic) bond motifs is 10. The lowest BCUT2D eigenvalue weighted by molar-refractivity contribution is -0.136. The normalized spacial score (nSPS) is 25.2. The fourth-order valence-electron chi connectivity index (χ4n) is 12.6. The van der Waals surface area contributed by atoms with E-state index in [9.17, 15) is 19.2 Å². The maximum atomic E-state index is 13.9. The summed E-state index contributed by atoms with van der Waals surface area (Å²) in [5.41, 5.74) is 12.1. The summed E-state index contributed by atoms with van der Waals surface area (Å²) in [5, 5.41) is 9.52. The third-order valence-corrected chi connectivity index (χ3v) is 15.8. The largest absolute Gasteiger partial charge is 0.453 e. The minimum absolute atomic E-state index is 0.111. The van der Waals surface area contributed by atoms with Crippen molar-refractivity contribution in [2.45, 2.75) is 140 Å². The molecule has 5 unspecified atom stereocenters. The van der Waals surface area contributed by atoms with E-state index in [1.165, 1.54) is 60.4 Å². The van der Waals surface area contributed by atoms with Crippen LogP contribution in [-0.2, 0) is 19.1 Å². The summed E-state index contributed by atoms with van der Waals surface area (Å²) < 4.78 is 9.66. The van der Waals surface area contributed by atoms with E-state index >= 15 is 0 Å². The molecule has 15 heteroatoms. The number of nitrogens with zero attached hydrogens (tertiary/aromatic N) is 4. The van der Waals surface area contributed by atoms with Crippen LogP contribution in [0.15, 0.2) is 36.7 Å². The average molecular weight is 924 g/mol. The lowest BCUT2D eigenvalue weighted by atomic mass is 9.80. The Balaban J connectivity index is 0.947. The van der Waals surface area contributed by atoms with Gasteiger partial charge in [0.2, 0.25) is 11.8 Å². The van der Waals surface area contributed by atoms with Gasteiger partial charge < -0.3 is 45.2 Å². The summed E-state index contributed by atoms with van der Waals surface area (Å²) in [6.45, 7) is 11.2. The van der Waals surface area contributed by atoms with E-state index in [0.717, 1.165) is 67.6 Å². The molecule has 4 amide bonds. The van der Waals surface area contributed by atoms with Crippen LogP contribution in [-0.4, -0.2) is 93.1 Å². The molecule has 4 fully saturated rings. The molecule has 6 heterocycles. The number of methoxy groups -OCH3 is 2. The minimum atomic E-state index is -0.697. The molecule has 68 heavy (non-hydrogen) atoms. The smallest absolute Gasteiger partial charge is 0.407 e. The van der Waals surface area contributed by atoms with Crippen LogP contribution in [0, 0.1) is 29.6 Å². The average Bonchev–Trinajstić information content (AvgIpc) is 4.20. The summed E-state index contributed by atoms with van der Waals surface area (Å²) in [5.74, 6) is 9.52. The lowest BCUT2D eigenvalue weighted by Gasteiger charge is -2.30. The van der Waals surface area contributed by atoms with Crippen molar-refractivity contribution in [2.75, 3.05) is 27.3 Å². The number of carbonyl (C=O) groups is 4. The Morgan fingerprint density at radius 2 is 1.19 bits per heavy atom. The molecule has 9 atom stereocenters. The van der Waals surface area contributed by atoms with Crippen molar-refractivity contribution in [1.82, 2.24) is 45.7 Å². The van der Waals surface area contributed by atoms with Gasteiger partial charge in [-0.05, 0) is 133 Å². The number of benzene rings is 2. The van der Waals surface area contributed by atoms with Gasteiger partial charge in [-0.1, -0.05) is 58.7 Å². The highest BCUT2D eigenvalue weighted by molar-refractivity contribution is 5.87. The number of imidazole rings is 2. The zero-order valence-corrected chi connectivity index (χ0v) is 40.3. The van der Waals surface area contributed by atoms with Crippen molar-refractivity contribution >= 4 is 24.0 Å². The van der Waals surface area contributed by atoms with Crippen LogP contribution < -0.4 is 16.0 Å². The molecule has 4 aromatic rings. The first-order valence-electron chi connectivity index (χ1n) is 24.8. The van der Waals surface area contributed by atoms with Gasteiger partial charge in [0, 0.05) is 36.3 Å². The molecule has 0 radical (unpaired) electrons. The predicted molar refractivity (Wildman–Crippen MR) is 256 cm³/mol. The fraction of sp³-hybridized carbons (Fsp3) is 0.547. The quantitative estimate of drug-likeness (QED) is 0.0974. The molecule has 2 aliphatic carbocycles. The van der Waals surface area contributed by atoms with Crippen molar-refractivity contribution in [1.29, 1.82) is 0 Å². The second kappa shape index (κ2) is 18.4. The first-order chi connectivity index (χ1) is 32.8. The van der Waals surface area contributed by atoms with Crippen molar-refractivity contribution in [3.8, 4) is 34.2 Å². The highest BCUT2D eigenvalue weighted by atomic mass is 16.5. The maximum Gasteiger partial charge on any atom is 0.407 e. The zero-order chi connectivity index (χ0) is 47.5. The van der Waals surface area contributed by atoms with Gasteiger partial charge in [-0.15, -0.1) is 0 Å². The number of ether oxygens (including phenoxy) is 2. The van der Waals surface area contributed by atoms with Gasteiger partial charge in [0.25, 0.3) is 0 Å². The number of likely N-dealkylation sites (tertiary alicyclic amines) is 2. The molecule has 1 saturated carbocycles. The van der Waals surface area contributed by atoms with Crippen LogP contribution in [0.4, 0.5) is 9.59 Å². The van der Waals surface area contributed by atoms with E-state index in [1.807, 2.05) is 43.7 Å². The molecule has 3 saturated heterocycles. The van der Waals surface area contributed by atoms with Crippen molar-refractivity contribution in [3.63, 3.8) is 0 Å². The first kappa shape index (κ1) is 45.6. The number of H-pyrrole nitrogens is 2. The number of alkyl carbamates (subject to hydrolysis) is 2. The van der Waals surface area contributed by atoms with Crippen molar-refractivity contribution in [2.24, 2.45) is 17.8 Å². The van der Waals surface area contributed by atoms with Gasteiger partial charge in [-0.25, -0.2) is 19.6 Å². The van der Waals surface area contributed by atoms with E-state index in [0.29, 0.717) is 42.4 Å². The Kier molecular flexibility index (Phi) is 12.3. The molecular weight excluding hydrogens is 859 g/mol. The monoisotopic (exact) mass is 924 g/mol. The van der Waals surface area contributed by atoms with Gasteiger partial charge in [0.15, 0.2) is 0 Å². The SMILES string of the molecule is COC(=O)N[C@H](C(=O)N1CCC[C@H]1c1ncc(C#Cc2ccc(-c3ccc(-c4cnc([C@@H]5CCCN5C(=O)[C@@H](NC(=O)OC)C(C)C)[nH]4)c4c3C3CC(C)CC4N3)c3c2C2CCC3C2)[nH]1)C(C)C. The minimum Gasteiger partial charge on any atom is -0.453 e. The number of aromatic nitrogens is 4. The Hall–Kier alpha value is -6.14. The second-order valence-electron chi connectivity index (χ2n) is 20.7. The van der Waals surface area contributed by atoms with Crippen molar-refractivity contribution in [3.05, 3.63) is 81.8 Å². The molecule has 4 bridgehead atoms. The van der Waals surface area contributed by atoms with Crippen LogP contribution in [0.5, 0.6) is 0 Å². The highest BCUT2D eigenvalue weighted by Crippen LogP contribution is 2.59. The van der Waals surface area contributed by atoms with E-state index in [1.54, 1.807) is 6.20 Å². The third kappa shape index (κ3) is 8.12. The van der Waals surface area contributed by atoms with E-state index in [4.69, 9.17) is 19.4 Å². The van der Waals surface area contributed by atoms with E-state index in [2.05, 4.69) is 68.9 Å². The van der Waals surface area contributed by atoms with E-state index in [-0.39, 0.29) is 47.8 Å². The summed E-state index contributed by atoms with van der Waals surface area (Å²) in [6, 6.07) is 7.79. The maximum absolute atomic E-state index is 13.9. The first-order valence-corrected chi connectivity index (χ1v) is 24.8. The number of rotatable bonds is 10. The van der Waals surface area contributed by atoms with E-state index < -0.39 is 24.3 Å². The number of hydrogen-bond donors (Lipinski definition) is 5. The van der Waals surface area contributed by atoms with Gasteiger partial charge in [0.1, 0.15) is 29.4 Å².